The van der Waals surface area contributed by atoms with Gasteiger partial charge in [0.25, 0.3) is 0 Å². The van der Waals surface area contributed by atoms with Gasteiger partial charge in [-0.1, -0.05) is 0 Å². The summed E-state index contributed by atoms with van der Waals surface area (Å²) in [6.45, 7) is 8.27. The number of carbonyl (C=O) groups is 1. The van der Waals surface area contributed by atoms with Crippen LogP contribution in [0.25, 0.3) is 0 Å². The van der Waals surface area contributed by atoms with Gasteiger partial charge in [-0.25, -0.2) is 4.79 Å². The summed E-state index contributed by atoms with van der Waals surface area (Å²) >= 11 is 0. The molecule has 2 amide bonds. The van der Waals surface area contributed by atoms with Crippen molar-refractivity contribution < 1.29 is 4.79 Å². The minimum Gasteiger partial charge on any atom is -0.325 e. The molecule has 102 valence electrons. The fourth-order valence-electron chi connectivity index (χ4n) is 3.17. The number of hydrogen-bond donors (Lipinski definition) is 1. The molecule has 0 bridgehead atoms. The first-order valence-electron chi connectivity index (χ1n) is 7.33. The molecule has 3 fully saturated rings. The number of piperidine rings is 1. The Morgan fingerprint density at radius 1 is 0.889 bits per heavy atom. The van der Waals surface area contributed by atoms with Crippen molar-refractivity contribution in [1.82, 2.24) is 20.0 Å². The maximum Gasteiger partial charge on any atom is 0.320 e. The van der Waals surface area contributed by atoms with Crippen molar-refractivity contribution in [2.24, 2.45) is 0 Å². The van der Waals surface area contributed by atoms with Gasteiger partial charge in [0.05, 0.1) is 0 Å². The number of likely N-dealkylation sites (tertiary alicyclic amines) is 2. The van der Waals surface area contributed by atoms with Crippen molar-refractivity contribution in [3.63, 3.8) is 0 Å². The molecular formula is C13H24N4O. The largest absolute Gasteiger partial charge is 0.325 e. The predicted octanol–water partition coefficient (Wildman–Crippen LogP) is 0.182. The third-order valence-electron chi connectivity index (χ3n) is 4.43. The second kappa shape index (κ2) is 5.45. The number of urea groups is 1. The van der Waals surface area contributed by atoms with Crippen LogP contribution in [0.2, 0.25) is 0 Å². The molecule has 18 heavy (non-hydrogen) atoms. The van der Waals surface area contributed by atoms with Gasteiger partial charge in [-0.2, -0.15) is 0 Å². The number of rotatable bonds is 1. The third-order valence-corrected chi connectivity index (χ3v) is 4.43. The minimum absolute atomic E-state index is 0.279. The fraction of sp³-hybridized carbons (Fsp3) is 0.923. The standard InChI is InChI=1S/C13H24N4O/c18-13(16-6-2-1-3-7-16)17-10-12(11-17)15-8-4-14-5-9-15/h12,14H,1-11H2. The smallest absolute Gasteiger partial charge is 0.320 e. The molecule has 3 aliphatic heterocycles. The van der Waals surface area contributed by atoms with Crippen molar-refractivity contribution in [3.05, 3.63) is 0 Å². The molecule has 0 aromatic heterocycles. The molecule has 0 saturated carbocycles. The number of carbonyl (C=O) groups excluding carboxylic acids is 1. The van der Waals surface area contributed by atoms with E-state index in [-0.39, 0.29) is 6.03 Å². The monoisotopic (exact) mass is 252 g/mol. The van der Waals surface area contributed by atoms with Gasteiger partial charge in [-0.3, -0.25) is 4.90 Å². The number of piperazine rings is 1. The van der Waals surface area contributed by atoms with Crippen LogP contribution in [0.3, 0.4) is 0 Å². The van der Waals surface area contributed by atoms with Crippen LogP contribution in [-0.2, 0) is 0 Å². The quantitative estimate of drug-likeness (QED) is 0.724. The topological polar surface area (TPSA) is 38.8 Å². The summed E-state index contributed by atoms with van der Waals surface area (Å²) < 4.78 is 0. The van der Waals surface area contributed by atoms with Crippen LogP contribution in [-0.4, -0.2) is 79.1 Å². The van der Waals surface area contributed by atoms with Crippen LogP contribution in [0, 0.1) is 0 Å². The summed E-state index contributed by atoms with van der Waals surface area (Å²) in [7, 11) is 0. The molecule has 1 N–H and O–H groups in total. The Morgan fingerprint density at radius 3 is 2.22 bits per heavy atom. The lowest BCUT2D eigenvalue weighted by molar-refractivity contribution is 0.0345. The van der Waals surface area contributed by atoms with Gasteiger partial charge in [0.1, 0.15) is 0 Å². The first-order valence-corrected chi connectivity index (χ1v) is 7.33. The molecule has 0 spiro atoms. The van der Waals surface area contributed by atoms with Crippen molar-refractivity contribution in [2.45, 2.75) is 25.3 Å². The second-order valence-corrected chi connectivity index (χ2v) is 5.68. The third kappa shape index (κ3) is 2.47. The molecular weight excluding hydrogens is 228 g/mol. The lowest BCUT2D eigenvalue weighted by Crippen LogP contribution is -2.65. The zero-order valence-corrected chi connectivity index (χ0v) is 11.1. The zero-order chi connectivity index (χ0) is 12.4. The first kappa shape index (κ1) is 12.2. The molecule has 0 aliphatic carbocycles. The lowest BCUT2D eigenvalue weighted by atomic mass is 10.1. The van der Waals surface area contributed by atoms with E-state index in [4.69, 9.17) is 0 Å². The molecule has 0 unspecified atom stereocenters. The average molecular weight is 252 g/mol. The molecule has 0 aromatic carbocycles. The van der Waals surface area contributed by atoms with Gasteiger partial charge in [0, 0.05) is 58.4 Å². The number of nitrogens with zero attached hydrogens (tertiary/aromatic N) is 3. The zero-order valence-electron chi connectivity index (χ0n) is 11.1. The molecule has 3 aliphatic rings. The normalized spacial score (nSPS) is 27.1. The molecule has 0 radical (unpaired) electrons. The van der Waals surface area contributed by atoms with Gasteiger partial charge in [-0.05, 0) is 19.3 Å². The number of amides is 2. The maximum atomic E-state index is 12.2. The molecule has 3 rings (SSSR count). The van der Waals surface area contributed by atoms with Crippen molar-refractivity contribution in [1.29, 1.82) is 0 Å². The van der Waals surface area contributed by atoms with E-state index in [0.717, 1.165) is 52.4 Å². The van der Waals surface area contributed by atoms with E-state index in [0.29, 0.717) is 6.04 Å². The summed E-state index contributed by atoms with van der Waals surface area (Å²) in [6, 6.07) is 0.891. The van der Waals surface area contributed by atoms with Crippen molar-refractivity contribution >= 4 is 6.03 Å². The van der Waals surface area contributed by atoms with E-state index in [1.165, 1.54) is 19.3 Å². The highest BCUT2D eigenvalue weighted by molar-refractivity contribution is 5.75. The molecule has 5 heteroatoms. The van der Waals surface area contributed by atoms with Crippen LogP contribution < -0.4 is 5.32 Å². The van der Waals surface area contributed by atoms with Gasteiger partial charge in [0.15, 0.2) is 0 Å². The molecule has 3 saturated heterocycles. The summed E-state index contributed by atoms with van der Waals surface area (Å²) in [5, 5.41) is 3.37. The van der Waals surface area contributed by atoms with Crippen LogP contribution in [0.5, 0.6) is 0 Å². The Labute approximate surface area is 109 Å². The number of nitrogens with one attached hydrogen (secondary N) is 1. The summed E-state index contributed by atoms with van der Waals surface area (Å²) in [5.74, 6) is 0. The van der Waals surface area contributed by atoms with Crippen LogP contribution >= 0.6 is 0 Å². The van der Waals surface area contributed by atoms with Gasteiger partial charge in [0.2, 0.25) is 0 Å². The minimum atomic E-state index is 0.279. The van der Waals surface area contributed by atoms with Crippen molar-refractivity contribution in [2.75, 3.05) is 52.4 Å². The fourth-order valence-corrected chi connectivity index (χ4v) is 3.17. The lowest BCUT2D eigenvalue weighted by Gasteiger charge is -2.48. The Kier molecular flexibility index (Phi) is 3.70. The van der Waals surface area contributed by atoms with E-state index < -0.39 is 0 Å². The van der Waals surface area contributed by atoms with Gasteiger partial charge in [-0.15, -0.1) is 0 Å². The van der Waals surface area contributed by atoms with E-state index in [2.05, 4.69) is 10.2 Å². The predicted molar refractivity (Wildman–Crippen MR) is 70.6 cm³/mol. The van der Waals surface area contributed by atoms with Gasteiger partial charge >= 0.3 is 6.03 Å². The molecule has 0 aromatic rings. The summed E-state index contributed by atoms with van der Waals surface area (Å²) in [5.41, 5.74) is 0. The summed E-state index contributed by atoms with van der Waals surface area (Å²) in [4.78, 5) is 18.8. The van der Waals surface area contributed by atoms with Crippen LogP contribution in [0.4, 0.5) is 4.79 Å². The Balaban J connectivity index is 1.44. The summed E-state index contributed by atoms with van der Waals surface area (Å²) in [6.07, 6.45) is 3.65. The highest BCUT2D eigenvalue weighted by Gasteiger charge is 2.37. The molecule has 3 heterocycles. The number of hydrogen-bond acceptors (Lipinski definition) is 3. The molecule has 0 atom stereocenters. The Hall–Kier alpha value is -0.810. The van der Waals surface area contributed by atoms with E-state index in [1.807, 2.05) is 9.80 Å². The maximum absolute atomic E-state index is 12.2. The van der Waals surface area contributed by atoms with Crippen molar-refractivity contribution in [3.8, 4) is 0 Å². The van der Waals surface area contributed by atoms with E-state index in [1.54, 1.807) is 0 Å². The second-order valence-electron chi connectivity index (χ2n) is 5.68. The van der Waals surface area contributed by atoms with Crippen LogP contribution in [0.15, 0.2) is 0 Å². The first-order chi connectivity index (χ1) is 8.84. The molecule has 5 nitrogen and oxygen atoms in total. The Morgan fingerprint density at radius 2 is 1.56 bits per heavy atom. The Bertz CT molecular complexity index is 291. The SMILES string of the molecule is O=C(N1CCCCC1)N1CC(N2CCNCC2)C1. The highest BCUT2D eigenvalue weighted by atomic mass is 16.2. The van der Waals surface area contributed by atoms with E-state index >= 15 is 0 Å². The average Bonchev–Trinajstić information content (AvgIpc) is 2.39. The van der Waals surface area contributed by atoms with Crippen LogP contribution in [0.1, 0.15) is 19.3 Å². The van der Waals surface area contributed by atoms with Gasteiger partial charge < -0.3 is 15.1 Å². The highest BCUT2D eigenvalue weighted by Crippen LogP contribution is 2.19. The van der Waals surface area contributed by atoms with E-state index in [9.17, 15) is 4.79 Å².